The Morgan fingerprint density at radius 1 is 1.33 bits per heavy atom. The van der Waals surface area contributed by atoms with Crippen molar-refractivity contribution < 1.29 is 0 Å². The van der Waals surface area contributed by atoms with Crippen LogP contribution in [-0.4, -0.2) is 9.97 Å². The second-order valence-corrected chi connectivity index (χ2v) is 5.55. The highest BCUT2D eigenvalue weighted by atomic mass is 79.9. The maximum Gasteiger partial charge on any atom is 0.139 e. The maximum absolute atomic E-state index is 5.34. The summed E-state index contributed by atoms with van der Waals surface area (Å²) in [6.07, 6.45) is 0.909. The van der Waals surface area contributed by atoms with Crippen LogP contribution in [0, 0.1) is 18.5 Å². The lowest BCUT2D eigenvalue weighted by atomic mass is 10.1. The highest BCUT2D eigenvalue weighted by Gasteiger charge is 2.06. The number of halogens is 1. The molecular weight excluding hydrogens is 308 g/mol. The van der Waals surface area contributed by atoms with E-state index in [9.17, 15) is 0 Å². The Balaban J connectivity index is 2.58. The predicted octanol–water partition coefficient (Wildman–Crippen LogP) is 4.75. The first-order valence-corrected chi connectivity index (χ1v) is 7.09. The lowest BCUT2D eigenvalue weighted by Crippen LogP contribution is -1.99. The zero-order chi connectivity index (χ0) is 13.3. The van der Waals surface area contributed by atoms with E-state index in [1.165, 1.54) is 5.56 Å². The van der Waals surface area contributed by atoms with Gasteiger partial charge in [-0.2, -0.15) is 0 Å². The van der Waals surface area contributed by atoms with Gasteiger partial charge in [0.05, 0.1) is 0 Å². The number of H-pyrrole nitrogens is 1. The molecule has 1 N–H and O–H groups in total. The number of hydrogen-bond acceptors (Lipinski definition) is 2. The van der Waals surface area contributed by atoms with Crippen molar-refractivity contribution in [3.8, 4) is 11.4 Å². The van der Waals surface area contributed by atoms with E-state index in [1.54, 1.807) is 0 Å². The van der Waals surface area contributed by atoms with E-state index >= 15 is 0 Å². The summed E-state index contributed by atoms with van der Waals surface area (Å²) in [6.45, 7) is 6.20. The van der Waals surface area contributed by atoms with E-state index < -0.39 is 0 Å². The van der Waals surface area contributed by atoms with E-state index in [2.05, 4.69) is 57.9 Å². The Kier molecular flexibility index (Phi) is 3.97. The lowest BCUT2D eigenvalue weighted by molar-refractivity contribution is 0.989. The molecule has 0 fully saturated rings. The molecule has 2 aromatic rings. The minimum atomic E-state index is 0.695. The molecule has 1 heterocycles. The minimum Gasteiger partial charge on any atom is -0.343 e. The monoisotopic (exact) mass is 322 g/mol. The standard InChI is InChI=1S/C14H15BrN2S/c1-4-11-9(3)16-13(17-14(11)18)10-6-5-8(2)12(15)7-10/h5-7H,4H2,1-3H3,(H,16,17,18). The third kappa shape index (κ3) is 2.54. The predicted molar refractivity (Wildman–Crippen MR) is 81.4 cm³/mol. The fraction of sp³-hybridized carbons (Fsp3) is 0.286. The molecule has 0 radical (unpaired) electrons. The Bertz CT molecular complexity index is 647. The minimum absolute atomic E-state index is 0.695. The summed E-state index contributed by atoms with van der Waals surface area (Å²) in [5.41, 5.74) is 4.48. The molecule has 0 aliphatic rings. The van der Waals surface area contributed by atoms with Crippen LogP contribution in [0.5, 0.6) is 0 Å². The van der Waals surface area contributed by atoms with Crippen molar-refractivity contribution in [2.75, 3.05) is 0 Å². The van der Waals surface area contributed by atoms with Crippen LogP contribution in [-0.2, 0) is 6.42 Å². The van der Waals surface area contributed by atoms with Gasteiger partial charge in [-0.3, -0.25) is 0 Å². The number of nitrogens with one attached hydrogen (secondary N) is 1. The van der Waals surface area contributed by atoms with Gasteiger partial charge in [-0.15, -0.1) is 0 Å². The third-order valence-corrected chi connectivity index (χ3v) is 4.22. The zero-order valence-electron chi connectivity index (χ0n) is 10.7. The van der Waals surface area contributed by atoms with Gasteiger partial charge in [-0.1, -0.05) is 47.2 Å². The first kappa shape index (κ1) is 13.4. The molecule has 0 spiro atoms. The van der Waals surface area contributed by atoms with Gasteiger partial charge in [0, 0.05) is 21.3 Å². The topological polar surface area (TPSA) is 28.7 Å². The van der Waals surface area contributed by atoms with Gasteiger partial charge in [-0.25, -0.2) is 4.98 Å². The van der Waals surface area contributed by atoms with Gasteiger partial charge in [0.2, 0.25) is 0 Å². The number of aromatic amines is 1. The number of nitrogens with zero attached hydrogens (tertiary/aromatic N) is 1. The highest BCUT2D eigenvalue weighted by molar-refractivity contribution is 9.10. The Hall–Kier alpha value is -1.00. The smallest absolute Gasteiger partial charge is 0.139 e. The fourth-order valence-corrected chi connectivity index (χ4v) is 2.67. The van der Waals surface area contributed by atoms with Crippen LogP contribution in [0.4, 0.5) is 0 Å². The Morgan fingerprint density at radius 2 is 2.06 bits per heavy atom. The van der Waals surface area contributed by atoms with Crippen LogP contribution in [0.3, 0.4) is 0 Å². The van der Waals surface area contributed by atoms with E-state index in [1.807, 2.05) is 6.92 Å². The molecule has 0 aliphatic heterocycles. The molecule has 0 unspecified atom stereocenters. The molecule has 1 aromatic heterocycles. The molecule has 2 rings (SSSR count). The van der Waals surface area contributed by atoms with Gasteiger partial charge in [-0.05, 0) is 31.9 Å². The average molecular weight is 323 g/mol. The first-order chi connectivity index (χ1) is 8.52. The van der Waals surface area contributed by atoms with Crippen LogP contribution in [0.15, 0.2) is 22.7 Å². The summed E-state index contributed by atoms with van der Waals surface area (Å²) >= 11 is 8.88. The maximum atomic E-state index is 5.34. The summed E-state index contributed by atoms with van der Waals surface area (Å²) < 4.78 is 1.78. The molecule has 0 amide bonds. The van der Waals surface area contributed by atoms with Crippen LogP contribution >= 0.6 is 28.1 Å². The van der Waals surface area contributed by atoms with Crippen molar-refractivity contribution >= 4 is 28.1 Å². The Labute approximate surface area is 121 Å². The second kappa shape index (κ2) is 5.33. The van der Waals surface area contributed by atoms with Crippen molar-refractivity contribution in [1.29, 1.82) is 0 Å². The van der Waals surface area contributed by atoms with Crippen molar-refractivity contribution in [1.82, 2.24) is 9.97 Å². The molecule has 2 nitrogen and oxygen atoms in total. The number of rotatable bonds is 2. The number of hydrogen-bond donors (Lipinski definition) is 1. The molecule has 0 saturated carbocycles. The molecule has 4 heteroatoms. The SMILES string of the molecule is CCc1c(C)[nH]c(-c2ccc(C)c(Br)c2)nc1=S. The second-order valence-electron chi connectivity index (χ2n) is 4.31. The molecule has 0 saturated heterocycles. The normalized spacial score (nSPS) is 10.7. The van der Waals surface area contributed by atoms with E-state index in [0.29, 0.717) is 4.64 Å². The van der Waals surface area contributed by atoms with Gasteiger partial charge in [0.1, 0.15) is 10.5 Å². The van der Waals surface area contributed by atoms with E-state index in [0.717, 1.165) is 33.5 Å². The van der Waals surface area contributed by atoms with Gasteiger partial charge in [0.15, 0.2) is 0 Å². The average Bonchev–Trinajstić information content (AvgIpc) is 2.32. The fourth-order valence-electron chi connectivity index (χ4n) is 1.90. The van der Waals surface area contributed by atoms with Crippen LogP contribution in [0.25, 0.3) is 11.4 Å². The van der Waals surface area contributed by atoms with Crippen molar-refractivity contribution in [2.45, 2.75) is 27.2 Å². The number of benzene rings is 1. The van der Waals surface area contributed by atoms with Crippen LogP contribution < -0.4 is 0 Å². The molecule has 94 valence electrons. The summed E-state index contributed by atoms with van der Waals surface area (Å²) in [5, 5.41) is 0. The highest BCUT2D eigenvalue weighted by Crippen LogP contribution is 2.24. The molecule has 18 heavy (non-hydrogen) atoms. The molecule has 0 aliphatic carbocycles. The summed E-state index contributed by atoms with van der Waals surface area (Å²) in [5.74, 6) is 0.829. The van der Waals surface area contributed by atoms with Crippen molar-refractivity contribution in [3.63, 3.8) is 0 Å². The quantitative estimate of drug-likeness (QED) is 0.808. The zero-order valence-corrected chi connectivity index (χ0v) is 13.1. The Morgan fingerprint density at radius 3 is 2.61 bits per heavy atom. The lowest BCUT2D eigenvalue weighted by Gasteiger charge is -2.08. The van der Waals surface area contributed by atoms with Gasteiger partial charge >= 0.3 is 0 Å². The number of aromatic nitrogens is 2. The number of aryl methyl sites for hydroxylation is 2. The summed E-state index contributed by atoms with van der Waals surface area (Å²) in [7, 11) is 0. The molecule has 0 bridgehead atoms. The summed E-state index contributed by atoms with van der Waals surface area (Å²) in [6, 6.07) is 6.19. The van der Waals surface area contributed by atoms with Crippen LogP contribution in [0.1, 0.15) is 23.7 Å². The molecular formula is C14H15BrN2S. The molecule has 0 atom stereocenters. The molecule has 1 aromatic carbocycles. The van der Waals surface area contributed by atoms with Gasteiger partial charge < -0.3 is 4.98 Å². The van der Waals surface area contributed by atoms with E-state index in [4.69, 9.17) is 12.2 Å². The van der Waals surface area contributed by atoms with E-state index in [-0.39, 0.29) is 0 Å². The van der Waals surface area contributed by atoms with Crippen molar-refractivity contribution in [3.05, 3.63) is 44.1 Å². The largest absolute Gasteiger partial charge is 0.343 e. The summed E-state index contributed by atoms with van der Waals surface area (Å²) in [4.78, 5) is 7.82. The van der Waals surface area contributed by atoms with Crippen LogP contribution in [0.2, 0.25) is 0 Å². The van der Waals surface area contributed by atoms with Crippen molar-refractivity contribution in [2.24, 2.45) is 0 Å². The van der Waals surface area contributed by atoms with Gasteiger partial charge in [0.25, 0.3) is 0 Å². The third-order valence-electron chi connectivity index (χ3n) is 3.03. The first-order valence-electron chi connectivity index (χ1n) is 5.89.